The highest BCUT2D eigenvalue weighted by atomic mass is 32.1. The van der Waals surface area contributed by atoms with Gasteiger partial charge < -0.3 is 4.90 Å². The Kier molecular flexibility index (Phi) is 4.04. The minimum atomic E-state index is -0.101. The van der Waals surface area contributed by atoms with Gasteiger partial charge in [-0.15, -0.1) is 0 Å². The van der Waals surface area contributed by atoms with E-state index in [2.05, 4.69) is 0 Å². The molecule has 1 aromatic heterocycles. The van der Waals surface area contributed by atoms with Crippen molar-refractivity contribution in [3.05, 3.63) is 99.8 Å². The number of hydrogen-bond acceptors (Lipinski definition) is 3. The quantitative estimate of drug-likeness (QED) is 0.511. The molecule has 0 radical (unpaired) electrons. The second kappa shape index (κ2) is 6.49. The smallest absolute Gasteiger partial charge is 0.259 e. The Morgan fingerprint density at radius 2 is 1.68 bits per heavy atom. The molecule has 0 unspecified atom stereocenters. The lowest BCUT2D eigenvalue weighted by Crippen LogP contribution is -2.22. The van der Waals surface area contributed by atoms with E-state index in [4.69, 9.17) is 0 Å². The fourth-order valence-electron chi connectivity index (χ4n) is 2.98. The molecule has 2 heterocycles. The van der Waals surface area contributed by atoms with E-state index in [1.54, 1.807) is 34.4 Å². The average molecular weight is 345 g/mol. The SMILES string of the molecule is O=C(/C=C1\c2ccccc2C(=O)N1Cc1ccsc1)c1ccccc1. The van der Waals surface area contributed by atoms with Gasteiger partial charge in [0.25, 0.3) is 5.91 Å². The molecular weight excluding hydrogens is 330 g/mol. The van der Waals surface area contributed by atoms with E-state index in [0.717, 1.165) is 11.1 Å². The van der Waals surface area contributed by atoms with Gasteiger partial charge >= 0.3 is 0 Å². The van der Waals surface area contributed by atoms with E-state index in [1.807, 2.05) is 59.3 Å². The highest BCUT2D eigenvalue weighted by Gasteiger charge is 2.32. The molecule has 25 heavy (non-hydrogen) atoms. The van der Waals surface area contributed by atoms with Crippen LogP contribution in [0.1, 0.15) is 31.8 Å². The van der Waals surface area contributed by atoms with Crippen LogP contribution in [-0.2, 0) is 6.54 Å². The predicted molar refractivity (Wildman–Crippen MR) is 99.4 cm³/mol. The van der Waals surface area contributed by atoms with Crippen LogP contribution >= 0.6 is 11.3 Å². The zero-order valence-electron chi connectivity index (χ0n) is 13.4. The summed E-state index contributed by atoms with van der Waals surface area (Å²) < 4.78 is 0. The van der Waals surface area contributed by atoms with Crippen molar-refractivity contribution in [1.82, 2.24) is 4.90 Å². The van der Waals surface area contributed by atoms with Crippen LogP contribution in [0.5, 0.6) is 0 Å². The van der Waals surface area contributed by atoms with E-state index in [0.29, 0.717) is 23.4 Å². The van der Waals surface area contributed by atoms with Crippen molar-refractivity contribution in [1.29, 1.82) is 0 Å². The summed E-state index contributed by atoms with van der Waals surface area (Å²) >= 11 is 1.60. The zero-order valence-corrected chi connectivity index (χ0v) is 14.2. The number of amides is 1. The molecule has 3 aromatic rings. The molecule has 0 spiro atoms. The van der Waals surface area contributed by atoms with Crippen LogP contribution in [0.15, 0.2) is 77.5 Å². The molecule has 0 fully saturated rings. The first-order chi connectivity index (χ1) is 12.2. The summed E-state index contributed by atoms with van der Waals surface area (Å²) in [5, 5.41) is 4.01. The van der Waals surface area contributed by atoms with Gasteiger partial charge in [-0.1, -0.05) is 48.5 Å². The van der Waals surface area contributed by atoms with Gasteiger partial charge in [0.2, 0.25) is 0 Å². The molecule has 0 saturated heterocycles. The lowest BCUT2D eigenvalue weighted by Gasteiger charge is -2.17. The Hall–Kier alpha value is -2.98. The molecule has 1 amide bonds. The van der Waals surface area contributed by atoms with Gasteiger partial charge in [-0.25, -0.2) is 0 Å². The van der Waals surface area contributed by atoms with Gasteiger partial charge in [-0.3, -0.25) is 9.59 Å². The van der Waals surface area contributed by atoms with Gasteiger partial charge in [-0.2, -0.15) is 11.3 Å². The van der Waals surface area contributed by atoms with Crippen LogP contribution in [0.4, 0.5) is 0 Å². The topological polar surface area (TPSA) is 37.4 Å². The van der Waals surface area contributed by atoms with Crippen LogP contribution < -0.4 is 0 Å². The molecule has 0 N–H and O–H groups in total. The Morgan fingerprint density at radius 3 is 2.40 bits per heavy atom. The standard InChI is InChI=1S/C21H15NO2S/c23-20(16-6-2-1-3-7-16)12-19-17-8-4-5-9-18(17)21(24)22(19)13-15-10-11-25-14-15/h1-12,14H,13H2/b19-12+. The molecule has 2 aromatic carbocycles. The summed E-state index contributed by atoms with van der Waals surface area (Å²) in [5.41, 5.74) is 3.80. The van der Waals surface area contributed by atoms with E-state index in [-0.39, 0.29) is 11.7 Å². The average Bonchev–Trinajstić information content (AvgIpc) is 3.25. The summed E-state index contributed by atoms with van der Waals surface area (Å²) in [6.45, 7) is 0.463. The maximum atomic E-state index is 12.8. The molecule has 1 aliphatic rings. The highest BCUT2D eigenvalue weighted by Crippen LogP contribution is 2.34. The molecule has 4 heteroatoms. The van der Waals surface area contributed by atoms with Crippen molar-refractivity contribution in [2.24, 2.45) is 0 Å². The van der Waals surface area contributed by atoms with Crippen molar-refractivity contribution < 1.29 is 9.59 Å². The number of fused-ring (bicyclic) bond motifs is 1. The number of benzene rings is 2. The van der Waals surface area contributed by atoms with E-state index < -0.39 is 0 Å². The minimum Gasteiger partial charge on any atom is -0.303 e. The van der Waals surface area contributed by atoms with Crippen molar-refractivity contribution >= 4 is 28.7 Å². The Balaban J connectivity index is 1.76. The van der Waals surface area contributed by atoms with Gasteiger partial charge in [-0.05, 0) is 28.5 Å². The lowest BCUT2D eigenvalue weighted by atomic mass is 10.1. The van der Waals surface area contributed by atoms with Crippen molar-refractivity contribution in [3.8, 4) is 0 Å². The third kappa shape index (κ3) is 2.92. The van der Waals surface area contributed by atoms with E-state index in [9.17, 15) is 9.59 Å². The third-order valence-corrected chi connectivity index (χ3v) is 4.95. The van der Waals surface area contributed by atoms with Crippen LogP contribution in [0.3, 0.4) is 0 Å². The Labute approximate surface area is 149 Å². The van der Waals surface area contributed by atoms with Crippen LogP contribution in [-0.4, -0.2) is 16.6 Å². The molecular formula is C21H15NO2S. The summed E-state index contributed by atoms with van der Waals surface area (Å²) in [4.78, 5) is 27.2. The number of thiophene rings is 1. The predicted octanol–water partition coefficient (Wildman–Crippen LogP) is 4.63. The summed E-state index contributed by atoms with van der Waals surface area (Å²) in [5.74, 6) is -0.163. The molecule has 0 bridgehead atoms. The maximum Gasteiger partial charge on any atom is 0.259 e. The summed E-state index contributed by atoms with van der Waals surface area (Å²) in [6.07, 6.45) is 1.57. The number of hydrogen-bond donors (Lipinski definition) is 0. The molecule has 1 aliphatic heterocycles. The van der Waals surface area contributed by atoms with Gasteiger partial charge in [0.15, 0.2) is 5.78 Å². The van der Waals surface area contributed by atoms with Crippen molar-refractivity contribution in [3.63, 3.8) is 0 Å². The largest absolute Gasteiger partial charge is 0.303 e. The fourth-order valence-corrected chi connectivity index (χ4v) is 3.64. The zero-order chi connectivity index (χ0) is 17.2. The van der Waals surface area contributed by atoms with Crippen LogP contribution in [0.2, 0.25) is 0 Å². The lowest BCUT2D eigenvalue weighted by molar-refractivity contribution is 0.0843. The number of allylic oxidation sites excluding steroid dienone is 1. The number of rotatable bonds is 4. The first-order valence-corrected chi connectivity index (χ1v) is 8.92. The van der Waals surface area contributed by atoms with Crippen LogP contribution in [0, 0.1) is 0 Å². The Bertz CT molecular complexity index is 959. The second-order valence-electron chi connectivity index (χ2n) is 5.83. The molecule has 0 atom stereocenters. The molecule has 4 rings (SSSR count). The summed E-state index contributed by atoms with van der Waals surface area (Å²) in [6, 6.07) is 18.6. The number of carbonyl (C=O) groups excluding carboxylic acids is 2. The van der Waals surface area contributed by atoms with E-state index >= 15 is 0 Å². The minimum absolute atomic E-state index is 0.0612. The molecule has 0 saturated carbocycles. The highest BCUT2D eigenvalue weighted by molar-refractivity contribution is 7.07. The summed E-state index contributed by atoms with van der Waals surface area (Å²) in [7, 11) is 0. The number of carbonyl (C=O) groups is 2. The normalized spacial score (nSPS) is 14.8. The van der Waals surface area contributed by atoms with Gasteiger partial charge in [0, 0.05) is 22.8 Å². The van der Waals surface area contributed by atoms with Crippen LogP contribution in [0.25, 0.3) is 5.70 Å². The molecule has 122 valence electrons. The molecule has 0 aliphatic carbocycles. The fraction of sp³-hybridized carbons (Fsp3) is 0.0476. The first kappa shape index (κ1) is 15.5. The van der Waals surface area contributed by atoms with Gasteiger partial charge in [0.1, 0.15) is 0 Å². The van der Waals surface area contributed by atoms with Crippen molar-refractivity contribution in [2.75, 3.05) is 0 Å². The molecule has 3 nitrogen and oxygen atoms in total. The Morgan fingerprint density at radius 1 is 0.960 bits per heavy atom. The monoisotopic (exact) mass is 345 g/mol. The maximum absolute atomic E-state index is 12.8. The van der Waals surface area contributed by atoms with Crippen molar-refractivity contribution in [2.45, 2.75) is 6.54 Å². The number of nitrogens with zero attached hydrogens (tertiary/aromatic N) is 1. The van der Waals surface area contributed by atoms with E-state index in [1.165, 1.54) is 0 Å². The third-order valence-electron chi connectivity index (χ3n) is 4.22. The van der Waals surface area contributed by atoms with Gasteiger partial charge in [0.05, 0.1) is 12.2 Å². The first-order valence-electron chi connectivity index (χ1n) is 7.97. The number of ketones is 1. The second-order valence-corrected chi connectivity index (χ2v) is 6.61.